The molecule has 1 aromatic heterocycles. The molecule has 2 rings (SSSR count). The summed E-state index contributed by atoms with van der Waals surface area (Å²) in [6, 6.07) is 3.82. The summed E-state index contributed by atoms with van der Waals surface area (Å²) in [6.45, 7) is 0.265. The Morgan fingerprint density at radius 3 is 2.57 bits per heavy atom. The molecule has 1 saturated heterocycles. The number of carboxylic acid groups (broad SMARTS) is 2. The monoisotopic (exact) mass is 329 g/mol. The van der Waals surface area contributed by atoms with Crippen molar-refractivity contribution < 1.29 is 24.6 Å². The lowest BCUT2D eigenvalue weighted by Gasteiger charge is -2.34. The van der Waals surface area contributed by atoms with E-state index < -0.39 is 23.8 Å². The van der Waals surface area contributed by atoms with Gasteiger partial charge in [0.15, 0.2) is 0 Å². The number of thiophene rings is 1. The first-order valence-electron chi connectivity index (χ1n) is 6.38. The van der Waals surface area contributed by atoms with Crippen LogP contribution < -0.4 is 0 Å². The molecular formula is C13H15NO5S2. The normalized spacial score (nSPS) is 22.0. The summed E-state index contributed by atoms with van der Waals surface area (Å²) in [5.41, 5.74) is 0. The van der Waals surface area contributed by atoms with E-state index in [4.69, 9.17) is 10.2 Å². The molecule has 1 aliphatic heterocycles. The average molecular weight is 329 g/mol. The van der Waals surface area contributed by atoms with Crippen molar-refractivity contribution in [2.24, 2.45) is 11.8 Å². The zero-order chi connectivity index (χ0) is 15.4. The molecule has 8 heteroatoms. The van der Waals surface area contributed by atoms with Crippen LogP contribution >= 0.6 is 23.1 Å². The lowest BCUT2D eigenvalue weighted by molar-refractivity contribution is -0.158. The Balaban J connectivity index is 1.93. The van der Waals surface area contributed by atoms with Gasteiger partial charge in [-0.3, -0.25) is 14.4 Å². The molecule has 2 N–H and O–H groups in total. The maximum absolute atomic E-state index is 12.1. The van der Waals surface area contributed by atoms with Crippen molar-refractivity contribution in [1.29, 1.82) is 0 Å². The SMILES string of the molecule is O=C(O)C1CCN(C(=O)CSc2cccs2)CC1C(=O)O. The van der Waals surface area contributed by atoms with E-state index in [1.807, 2.05) is 17.5 Å². The fraction of sp³-hybridized carbons (Fsp3) is 0.462. The van der Waals surface area contributed by atoms with Crippen molar-refractivity contribution in [3.63, 3.8) is 0 Å². The number of carboxylic acids is 2. The topological polar surface area (TPSA) is 94.9 Å². The third-order valence-corrected chi connectivity index (χ3v) is 5.55. The van der Waals surface area contributed by atoms with Gasteiger partial charge in [-0.15, -0.1) is 23.1 Å². The average Bonchev–Trinajstić information content (AvgIpc) is 2.97. The fourth-order valence-electron chi connectivity index (χ4n) is 2.29. The Bertz CT molecular complexity index is 531. The van der Waals surface area contributed by atoms with Gasteiger partial charge in [0.25, 0.3) is 0 Å². The van der Waals surface area contributed by atoms with Crippen LogP contribution in [0.4, 0.5) is 0 Å². The molecule has 21 heavy (non-hydrogen) atoms. The Hall–Kier alpha value is -1.54. The van der Waals surface area contributed by atoms with Gasteiger partial charge in [-0.1, -0.05) is 6.07 Å². The van der Waals surface area contributed by atoms with E-state index in [1.165, 1.54) is 16.7 Å². The van der Waals surface area contributed by atoms with Crippen molar-refractivity contribution in [1.82, 2.24) is 4.90 Å². The highest BCUT2D eigenvalue weighted by atomic mass is 32.2. The summed E-state index contributed by atoms with van der Waals surface area (Å²) in [5, 5.41) is 20.1. The highest BCUT2D eigenvalue weighted by molar-refractivity contribution is 8.01. The van der Waals surface area contributed by atoms with E-state index >= 15 is 0 Å². The molecule has 1 aromatic rings. The number of rotatable bonds is 5. The zero-order valence-corrected chi connectivity index (χ0v) is 12.7. The minimum absolute atomic E-state index is 0.0316. The van der Waals surface area contributed by atoms with Gasteiger partial charge in [0, 0.05) is 13.1 Å². The third kappa shape index (κ3) is 3.98. The molecule has 0 bridgehead atoms. The van der Waals surface area contributed by atoms with Crippen LogP contribution in [0, 0.1) is 11.8 Å². The van der Waals surface area contributed by atoms with Gasteiger partial charge in [0.2, 0.25) is 5.91 Å². The van der Waals surface area contributed by atoms with Crippen molar-refractivity contribution in [3.05, 3.63) is 17.5 Å². The molecular weight excluding hydrogens is 314 g/mol. The smallest absolute Gasteiger partial charge is 0.309 e. The van der Waals surface area contributed by atoms with Crippen molar-refractivity contribution in [3.8, 4) is 0 Å². The molecule has 6 nitrogen and oxygen atoms in total. The number of thioether (sulfide) groups is 1. The third-order valence-electron chi connectivity index (χ3n) is 3.43. The number of hydrogen-bond donors (Lipinski definition) is 2. The maximum Gasteiger partial charge on any atom is 0.309 e. The number of nitrogens with zero attached hydrogens (tertiary/aromatic N) is 1. The Labute approximate surface area is 129 Å². The number of piperidine rings is 1. The lowest BCUT2D eigenvalue weighted by Crippen LogP contribution is -2.49. The number of aliphatic carboxylic acids is 2. The van der Waals surface area contributed by atoms with E-state index in [0.717, 1.165) is 4.21 Å². The molecule has 2 heterocycles. The van der Waals surface area contributed by atoms with E-state index in [0.29, 0.717) is 6.54 Å². The first-order chi connectivity index (χ1) is 9.99. The molecule has 2 atom stereocenters. The number of hydrogen-bond acceptors (Lipinski definition) is 5. The standard InChI is InChI=1S/C13H15NO5S2/c15-10(7-21-11-2-1-5-20-11)14-4-3-8(12(16)17)9(6-14)13(18)19/h1-2,5,8-9H,3-4,6-7H2,(H,16,17)(H,18,19). The number of amides is 1. The van der Waals surface area contributed by atoms with Gasteiger partial charge in [0.05, 0.1) is 21.8 Å². The second-order valence-electron chi connectivity index (χ2n) is 4.74. The van der Waals surface area contributed by atoms with Crippen LogP contribution in [-0.2, 0) is 14.4 Å². The molecule has 0 aromatic carbocycles. The van der Waals surface area contributed by atoms with Crippen LogP contribution in [0.2, 0.25) is 0 Å². The summed E-state index contributed by atoms with van der Waals surface area (Å²) in [7, 11) is 0. The van der Waals surface area contributed by atoms with Gasteiger partial charge in [-0.05, 0) is 17.9 Å². The Morgan fingerprint density at radius 1 is 1.29 bits per heavy atom. The van der Waals surface area contributed by atoms with Gasteiger partial charge in [-0.25, -0.2) is 0 Å². The quantitative estimate of drug-likeness (QED) is 0.795. The summed E-state index contributed by atoms with van der Waals surface area (Å²) in [4.78, 5) is 35.8. The van der Waals surface area contributed by atoms with Crippen LogP contribution in [0.1, 0.15) is 6.42 Å². The van der Waals surface area contributed by atoms with Gasteiger partial charge >= 0.3 is 11.9 Å². The number of likely N-dealkylation sites (tertiary alicyclic amines) is 1. The van der Waals surface area contributed by atoms with Crippen molar-refractivity contribution in [2.45, 2.75) is 10.6 Å². The largest absolute Gasteiger partial charge is 0.481 e. The van der Waals surface area contributed by atoms with Crippen LogP contribution in [0.25, 0.3) is 0 Å². The summed E-state index contributed by atoms with van der Waals surface area (Å²) < 4.78 is 1.03. The van der Waals surface area contributed by atoms with Crippen molar-refractivity contribution >= 4 is 40.9 Å². The van der Waals surface area contributed by atoms with E-state index in [-0.39, 0.29) is 24.6 Å². The minimum atomic E-state index is -1.16. The van der Waals surface area contributed by atoms with Crippen LogP contribution in [0.5, 0.6) is 0 Å². The molecule has 114 valence electrons. The van der Waals surface area contributed by atoms with Crippen molar-refractivity contribution in [2.75, 3.05) is 18.8 Å². The Morgan fingerprint density at radius 2 is 2.00 bits per heavy atom. The molecule has 0 aliphatic carbocycles. The maximum atomic E-state index is 12.1. The predicted molar refractivity (Wildman–Crippen MR) is 78.5 cm³/mol. The highest BCUT2D eigenvalue weighted by Crippen LogP contribution is 2.27. The molecule has 2 unspecified atom stereocenters. The highest BCUT2D eigenvalue weighted by Gasteiger charge is 2.39. The van der Waals surface area contributed by atoms with E-state index in [2.05, 4.69) is 0 Å². The van der Waals surface area contributed by atoms with Gasteiger partial charge in [0.1, 0.15) is 0 Å². The molecule has 0 radical (unpaired) electrons. The molecule has 1 fully saturated rings. The second kappa shape index (κ2) is 6.95. The Kier molecular flexibility index (Phi) is 5.24. The second-order valence-corrected chi connectivity index (χ2v) is 6.96. The molecule has 1 amide bonds. The van der Waals surface area contributed by atoms with Crippen LogP contribution in [0.15, 0.2) is 21.7 Å². The predicted octanol–water partition coefficient (Wildman–Crippen LogP) is 1.47. The van der Waals surface area contributed by atoms with E-state index in [9.17, 15) is 14.4 Å². The van der Waals surface area contributed by atoms with Gasteiger partial charge < -0.3 is 15.1 Å². The van der Waals surface area contributed by atoms with Crippen LogP contribution in [0.3, 0.4) is 0 Å². The first-order valence-corrected chi connectivity index (χ1v) is 8.25. The number of carbonyl (C=O) groups excluding carboxylic acids is 1. The van der Waals surface area contributed by atoms with Gasteiger partial charge in [-0.2, -0.15) is 0 Å². The molecule has 1 aliphatic rings. The summed E-state index contributed by atoms with van der Waals surface area (Å²) >= 11 is 2.95. The number of carbonyl (C=O) groups is 3. The summed E-state index contributed by atoms with van der Waals surface area (Å²) in [6.07, 6.45) is 0.182. The molecule has 0 spiro atoms. The fourth-order valence-corrected chi connectivity index (χ4v) is 3.98. The lowest BCUT2D eigenvalue weighted by atomic mass is 9.85. The zero-order valence-electron chi connectivity index (χ0n) is 11.1. The summed E-state index contributed by atoms with van der Waals surface area (Å²) in [5.74, 6) is -4.13. The minimum Gasteiger partial charge on any atom is -0.481 e. The van der Waals surface area contributed by atoms with E-state index in [1.54, 1.807) is 11.3 Å². The first kappa shape index (κ1) is 15.8. The van der Waals surface area contributed by atoms with Crippen LogP contribution in [-0.4, -0.2) is 51.8 Å². The molecule has 0 saturated carbocycles.